The van der Waals surface area contributed by atoms with E-state index in [1.165, 1.54) is 68.2 Å². The van der Waals surface area contributed by atoms with Gasteiger partial charge in [0.2, 0.25) is 0 Å². The van der Waals surface area contributed by atoms with E-state index in [9.17, 15) is 0 Å². The molecular formula is C21H27N3. The smallest absolute Gasteiger partial charge is 0.199 e. The van der Waals surface area contributed by atoms with Crippen molar-refractivity contribution in [3.8, 4) is 0 Å². The summed E-state index contributed by atoms with van der Waals surface area (Å²) in [5.41, 5.74) is 5.91. The molecule has 0 bridgehead atoms. The molecule has 0 radical (unpaired) electrons. The van der Waals surface area contributed by atoms with E-state index < -0.39 is 0 Å². The van der Waals surface area contributed by atoms with Gasteiger partial charge in [-0.15, -0.1) is 0 Å². The van der Waals surface area contributed by atoms with Gasteiger partial charge in [-0.05, 0) is 56.6 Å². The minimum atomic E-state index is 0.411. The molecule has 3 nitrogen and oxygen atoms in total. The van der Waals surface area contributed by atoms with Crippen molar-refractivity contribution < 1.29 is 0 Å². The fourth-order valence-corrected chi connectivity index (χ4v) is 5.14. The molecule has 0 unspecified atom stereocenters. The molecule has 0 aromatic heterocycles. The summed E-state index contributed by atoms with van der Waals surface area (Å²) in [6, 6.07) is 10.8. The second-order valence-corrected chi connectivity index (χ2v) is 7.93. The first-order valence-electron chi connectivity index (χ1n) is 9.73. The third kappa shape index (κ3) is 2.21. The van der Waals surface area contributed by atoms with Gasteiger partial charge >= 0.3 is 0 Å². The first-order chi connectivity index (χ1) is 11.8. The van der Waals surface area contributed by atoms with Gasteiger partial charge in [0.15, 0.2) is 5.96 Å². The maximum Gasteiger partial charge on any atom is 0.199 e. The van der Waals surface area contributed by atoms with E-state index in [0.717, 1.165) is 5.96 Å². The predicted molar refractivity (Wildman–Crippen MR) is 97.9 cm³/mol. The zero-order valence-electron chi connectivity index (χ0n) is 14.6. The van der Waals surface area contributed by atoms with Gasteiger partial charge in [-0.3, -0.25) is 0 Å². The number of hydrogen-bond donors (Lipinski definition) is 1. The zero-order chi connectivity index (χ0) is 16.1. The Hall–Kier alpha value is -1.77. The minimum absolute atomic E-state index is 0.411. The molecule has 1 saturated carbocycles. The number of allylic oxidation sites excluding steroid dienone is 1. The molecule has 3 heteroatoms. The molecule has 1 N–H and O–H groups in total. The predicted octanol–water partition coefficient (Wildman–Crippen LogP) is 4.45. The molecule has 2 aliphatic carbocycles. The van der Waals surface area contributed by atoms with E-state index in [1.807, 2.05) is 0 Å². The van der Waals surface area contributed by atoms with Gasteiger partial charge in [0, 0.05) is 5.70 Å². The van der Waals surface area contributed by atoms with Crippen LogP contribution >= 0.6 is 0 Å². The zero-order valence-corrected chi connectivity index (χ0v) is 14.6. The Kier molecular flexibility index (Phi) is 3.43. The molecule has 1 fully saturated rings. The van der Waals surface area contributed by atoms with Gasteiger partial charge in [0.25, 0.3) is 0 Å². The molecule has 2 heterocycles. The molecular weight excluding hydrogens is 294 g/mol. The number of nitrogens with zero attached hydrogens (tertiary/aromatic N) is 2. The van der Waals surface area contributed by atoms with Crippen LogP contribution < -0.4 is 5.32 Å². The van der Waals surface area contributed by atoms with Crippen LogP contribution in [0.2, 0.25) is 0 Å². The number of fused-ring (bicyclic) bond motifs is 3. The number of hydrogen-bond acceptors (Lipinski definition) is 3. The fraction of sp³-hybridized carbons (Fsp3) is 0.571. The van der Waals surface area contributed by atoms with Crippen molar-refractivity contribution >= 4 is 5.96 Å². The van der Waals surface area contributed by atoms with E-state index in [0.29, 0.717) is 18.1 Å². The molecule has 4 aliphatic rings. The van der Waals surface area contributed by atoms with Crippen LogP contribution in [0.4, 0.5) is 0 Å². The van der Waals surface area contributed by atoms with Crippen LogP contribution in [0, 0.1) is 6.92 Å². The third-order valence-corrected chi connectivity index (χ3v) is 6.36. The monoisotopic (exact) mass is 321 g/mol. The summed E-state index contributed by atoms with van der Waals surface area (Å²) in [4.78, 5) is 7.77. The first kappa shape index (κ1) is 14.6. The molecule has 126 valence electrons. The molecule has 2 aliphatic heterocycles. The number of nitrogens with one attached hydrogen (secondary N) is 1. The summed E-state index contributed by atoms with van der Waals surface area (Å²) in [5.74, 6) is 1.16. The topological polar surface area (TPSA) is 27.6 Å². The van der Waals surface area contributed by atoms with E-state index in [2.05, 4.69) is 41.4 Å². The van der Waals surface area contributed by atoms with Gasteiger partial charge in [0.05, 0.1) is 18.1 Å². The minimum Gasteiger partial charge on any atom is -0.330 e. The van der Waals surface area contributed by atoms with Crippen LogP contribution in [-0.4, -0.2) is 22.9 Å². The first-order valence-corrected chi connectivity index (χ1v) is 9.73. The van der Waals surface area contributed by atoms with Crippen molar-refractivity contribution in [2.75, 3.05) is 0 Å². The Balaban J connectivity index is 1.61. The Bertz CT molecular complexity index is 700. The number of rotatable bonds is 1. The molecule has 1 aromatic rings. The second kappa shape index (κ2) is 5.65. The van der Waals surface area contributed by atoms with Crippen LogP contribution in [0.5, 0.6) is 0 Å². The average Bonchev–Trinajstić information content (AvgIpc) is 2.98. The number of aliphatic imine (C=N–C) groups is 1. The summed E-state index contributed by atoms with van der Waals surface area (Å²) in [7, 11) is 0. The number of aryl methyl sites for hydroxylation is 1. The normalized spacial score (nSPS) is 31.8. The van der Waals surface area contributed by atoms with Gasteiger partial charge in [-0.2, -0.15) is 0 Å². The van der Waals surface area contributed by atoms with Crippen LogP contribution in [0.1, 0.15) is 68.5 Å². The Labute approximate surface area is 144 Å². The molecule has 3 atom stereocenters. The average molecular weight is 321 g/mol. The highest BCUT2D eigenvalue weighted by Gasteiger charge is 2.45. The standard InChI is InChI=1S/C21H27N3/c1-14-10-12-15(13-11-14)20-16-6-2-3-7-17(16)22-21-23-18-8-4-5-9-19(18)24(20)21/h10-13,18-20H,2-9H2,1H3,(H,22,23)/t18-,19-,20-/m0/s1. The third-order valence-electron chi connectivity index (χ3n) is 6.36. The lowest BCUT2D eigenvalue weighted by molar-refractivity contribution is 0.199. The highest BCUT2D eigenvalue weighted by Crippen LogP contribution is 2.45. The SMILES string of the molecule is Cc1ccc([C@H]2C3=C(CCCC3)NC3=N[C@H]4CCCC[C@@H]4N32)cc1. The van der Waals surface area contributed by atoms with Crippen LogP contribution in [0.3, 0.4) is 0 Å². The van der Waals surface area contributed by atoms with Crippen LogP contribution in [-0.2, 0) is 0 Å². The van der Waals surface area contributed by atoms with E-state index >= 15 is 0 Å². The van der Waals surface area contributed by atoms with Gasteiger partial charge in [-0.1, -0.05) is 42.7 Å². The Morgan fingerprint density at radius 1 is 1.00 bits per heavy atom. The molecule has 24 heavy (non-hydrogen) atoms. The van der Waals surface area contributed by atoms with E-state index in [-0.39, 0.29) is 0 Å². The van der Waals surface area contributed by atoms with Crippen LogP contribution in [0.25, 0.3) is 0 Å². The molecule has 0 amide bonds. The van der Waals surface area contributed by atoms with Crippen molar-refractivity contribution in [3.05, 3.63) is 46.7 Å². The van der Waals surface area contributed by atoms with E-state index in [1.54, 1.807) is 5.57 Å². The van der Waals surface area contributed by atoms with Crippen molar-refractivity contribution in [3.63, 3.8) is 0 Å². The van der Waals surface area contributed by atoms with Gasteiger partial charge in [0.1, 0.15) is 0 Å². The summed E-state index contributed by atoms with van der Waals surface area (Å²) in [5, 5.41) is 3.74. The lowest BCUT2D eigenvalue weighted by atomic mass is 9.82. The summed E-state index contributed by atoms with van der Waals surface area (Å²) >= 11 is 0. The maximum absolute atomic E-state index is 5.11. The highest BCUT2D eigenvalue weighted by molar-refractivity contribution is 5.86. The number of guanidine groups is 1. The molecule has 1 aromatic carbocycles. The van der Waals surface area contributed by atoms with Gasteiger partial charge in [-0.25, -0.2) is 4.99 Å². The van der Waals surface area contributed by atoms with Crippen molar-refractivity contribution in [2.24, 2.45) is 4.99 Å². The summed E-state index contributed by atoms with van der Waals surface area (Å²) < 4.78 is 0. The lowest BCUT2D eigenvalue weighted by Crippen LogP contribution is -2.52. The maximum atomic E-state index is 5.11. The number of benzene rings is 1. The molecule has 5 rings (SSSR count). The summed E-state index contributed by atoms with van der Waals surface area (Å²) in [6.45, 7) is 2.18. The molecule has 0 saturated heterocycles. The Morgan fingerprint density at radius 3 is 2.67 bits per heavy atom. The second-order valence-electron chi connectivity index (χ2n) is 7.93. The van der Waals surface area contributed by atoms with Crippen molar-refractivity contribution in [1.29, 1.82) is 0 Å². The fourth-order valence-electron chi connectivity index (χ4n) is 5.14. The highest BCUT2D eigenvalue weighted by atomic mass is 15.4. The van der Waals surface area contributed by atoms with E-state index in [4.69, 9.17) is 4.99 Å². The largest absolute Gasteiger partial charge is 0.330 e. The Morgan fingerprint density at radius 2 is 1.79 bits per heavy atom. The van der Waals surface area contributed by atoms with Crippen LogP contribution in [0.15, 0.2) is 40.5 Å². The lowest BCUT2D eigenvalue weighted by Gasteiger charge is -2.45. The van der Waals surface area contributed by atoms with Gasteiger partial charge < -0.3 is 10.2 Å². The quantitative estimate of drug-likeness (QED) is 0.827. The summed E-state index contributed by atoms with van der Waals surface area (Å²) in [6.07, 6.45) is 10.3. The van der Waals surface area contributed by atoms with Crippen molar-refractivity contribution in [1.82, 2.24) is 10.2 Å². The molecule has 0 spiro atoms. The van der Waals surface area contributed by atoms with Crippen molar-refractivity contribution in [2.45, 2.75) is 76.4 Å².